The largest absolute Gasteiger partial charge is 0.495 e. The molecule has 0 atom stereocenters. The quantitative estimate of drug-likeness (QED) is 0.288. The number of carbonyl (C=O) groups excluding carboxylic acids is 1. The number of likely N-dealkylation sites (N-methyl/N-ethyl adjacent to an activating group) is 1. The van der Waals surface area contributed by atoms with Crippen LogP contribution >= 0.6 is 0 Å². The molecule has 0 aromatic heterocycles. The van der Waals surface area contributed by atoms with Crippen molar-refractivity contribution >= 4 is 23.5 Å². The fourth-order valence-corrected chi connectivity index (χ4v) is 5.17. The second kappa shape index (κ2) is 19.1. The number of nitrogens with zero attached hydrogens (tertiary/aromatic N) is 5. The lowest BCUT2D eigenvalue weighted by molar-refractivity contribution is -0.129. The van der Waals surface area contributed by atoms with Gasteiger partial charge in [0.2, 0.25) is 5.91 Å². The van der Waals surface area contributed by atoms with E-state index in [9.17, 15) is 4.79 Å². The highest BCUT2D eigenvalue weighted by Crippen LogP contribution is 2.29. The van der Waals surface area contributed by atoms with Crippen LogP contribution in [0.15, 0.2) is 84.0 Å². The number of piperazine rings is 2. The maximum Gasteiger partial charge on any atom is 0.219 e. The molecule has 9 heteroatoms. The Hall–Kier alpha value is -4.24. The molecule has 0 saturated carbocycles. The summed E-state index contributed by atoms with van der Waals surface area (Å²) in [4.78, 5) is 20.3. The summed E-state index contributed by atoms with van der Waals surface area (Å²) in [5.41, 5.74) is 6.50. The van der Waals surface area contributed by atoms with E-state index in [2.05, 4.69) is 62.5 Å². The van der Waals surface area contributed by atoms with E-state index in [1.807, 2.05) is 60.4 Å². The maximum atomic E-state index is 11.2. The van der Waals surface area contributed by atoms with Gasteiger partial charge in [0, 0.05) is 65.5 Å². The molecule has 0 radical (unpaired) electrons. The second-order valence-corrected chi connectivity index (χ2v) is 10.5. The fraction of sp³-hybridized carbons (Fsp3) is 0.429. The van der Waals surface area contributed by atoms with Gasteiger partial charge in [0.25, 0.3) is 0 Å². The van der Waals surface area contributed by atoms with Crippen LogP contribution in [0.1, 0.15) is 26.3 Å². The number of hydrazone groups is 1. The Labute approximate surface area is 264 Å². The zero-order chi connectivity index (χ0) is 31.6. The first kappa shape index (κ1) is 34.3. The molecular weight excluding hydrogens is 552 g/mol. The average Bonchev–Trinajstić information content (AvgIpc) is 3.09. The summed E-state index contributed by atoms with van der Waals surface area (Å²) in [6.45, 7) is 15.5. The van der Waals surface area contributed by atoms with Gasteiger partial charge in [-0.2, -0.15) is 5.10 Å². The molecule has 3 aromatic rings. The average molecular weight is 603 g/mol. The maximum absolute atomic E-state index is 11.2. The second-order valence-electron chi connectivity index (χ2n) is 10.5. The Balaban J connectivity index is 0.000000185. The number of amides is 1. The van der Waals surface area contributed by atoms with E-state index in [4.69, 9.17) is 9.47 Å². The van der Waals surface area contributed by atoms with E-state index in [0.717, 1.165) is 82.6 Å². The molecule has 44 heavy (non-hydrogen) atoms. The minimum Gasteiger partial charge on any atom is -0.495 e. The van der Waals surface area contributed by atoms with Crippen LogP contribution in [-0.4, -0.2) is 95.0 Å². The van der Waals surface area contributed by atoms with Crippen molar-refractivity contribution in [2.45, 2.75) is 27.3 Å². The van der Waals surface area contributed by atoms with Gasteiger partial charge in [-0.15, -0.1) is 0 Å². The predicted molar refractivity (Wildman–Crippen MR) is 182 cm³/mol. The number of hydrogen-bond donors (Lipinski definition) is 1. The highest BCUT2D eigenvalue weighted by atomic mass is 16.5. The van der Waals surface area contributed by atoms with Crippen molar-refractivity contribution in [2.75, 3.05) is 82.9 Å². The lowest BCUT2D eigenvalue weighted by Crippen LogP contribution is -2.48. The molecule has 1 N–H and O–H groups in total. The molecule has 2 saturated heterocycles. The lowest BCUT2D eigenvalue weighted by Gasteiger charge is -2.36. The topological polar surface area (TPSA) is 72.9 Å². The molecule has 0 unspecified atom stereocenters. The fourth-order valence-electron chi connectivity index (χ4n) is 5.17. The van der Waals surface area contributed by atoms with Crippen molar-refractivity contribution in [3.63, 3.8) is 0 Å². The number of para-hydroxylation sites is 4. The summed E-state index contributed by atoms with van der Waals surface area (Å²) in [5.74, 6) is 2.03. The molecule has 5 rings (SSSR count). The van der Waals surface area contributed by atoms with Crippen molar-refractivity contribution in [3.8, 4) is 11.5 Å². The normalized spacial score (nSPS) is 15.1. The van der Waals surface area contributed by atoms with Crippen LogP contribution in [0.25, 0.3) is 0 Å². The minimum atomic E-state index is 0.157. The van der Waals surface area contributed by atoms with E-state index in [1.54, 1.807) is 27.4 Å². The number of anilines is 2. The Bertz CT molecular complexity index is 1260. The number of nitrogens with one attached hydrogen (secondary N) is 1. The van der Waals surface area contributed by atoms with Crippen LogP contribution in [0.4, 0.5) is 11.4 Å². The molecule has 1 amide bonds. The monoisotopic (exact) mass is 602 g/mol. The van der Waals surface area contributed by atoms with E-state index in [-0.39, 0.29) is 5.91 Å². The number of methoxy groups -OCH3 is 2. The van der Waals surface area contributed by atoms with Crippen molar-refractivity contribution in [2.24, 2.45) is 5.10 Å². The van der Waals surface area contributed by atoms with Gasteiger partial charge in [0.1, 0.15) is 11.5 Å². The zero-order valence-electron chi connectivity index (χ0n) is 27.1. The van der Waals surface area contributed by atoms with Gasteiger partial charge in [0.15, 0.2) is 0 Å². The van der Waals surface area contributed by atoms with Crippen LogP contribution in [0, 0.1) is 0 Å². The molecule has 238 valence electrons. The van der Waals surface area contributed by atoms with E-state index in [0.29, 0.717) is 0 Å². The van der Waals surface area contributed by atoms with Gasteiger partial charge < -0.3 is 34.5 Å². The molecule has 2 aliphatic heterocycles. The van der Waals surface area contributed by atoms with Crippen LogP contribution in [0.2, 0.25) is 0 Å². The molecule has 2 aliphatic rings. The molecule has 0 bridgehead atoms. The van der Waals surface area contributed by atoms with Crippen molar-refractivity contribution < 1.29 is 14.3 Å². The summed E-state index contributed by atoms with van der Waals surface area (Å²) in [6.07, 6.45) is 1.74. The number of rotatable bonds is 8. The smallest absolute Gasteiger partial charge is 0.219 e. The first-order chi connectivity index (χ1) is 21.5. The van der Waals surface area contributed by atoms with Crippen LogP contribution in [0.3, 0.4) is 0 Å². The molecule has 2 heterocycles. The van der Waals surface area contributed by atoms with Crippen LogP contribution < -0.4 is 24.7 Å². The van der Waals surface area contributed by atoms with Gasteiger partial charge in [-0.1, -0.05) is 61.5 Å². The Kier molecular flexibility index (Phi) is 14.9. The molecular formula is C35H50N6O3. The highest BCUT2D eigenvalue weighted by Gasteiger charge is 2.21. The number of carbonyl (C=O) groups is 1. The molecule has 2 fully saturated rings. The van der Waals surface area contributed by atoms with Crippen molar-refractivity contribution in [3.05, 3.63) is 84.4 Å². The van der Waals surface area contributed by atoms with E-state index in [1.165, 1.54) is 11.3 Å². The SMILES string of the molecule is CC=NNCc1ccccc1.CCN1CCN(c2ccccc2OC)CC1.COc1ccccc1N1CCN(C(C)=O)CC1. The van der Waals surface area contributed by atoms with Gasteiger partial charge >= 0.3 is 0 Å². The molecule has 9 nitrogen and oxygen atoms in total. The number of benzene rings is 3. The first-order valence-corrected chi connectivity index (χ1v) is 15.5. The minimum absolute atomic E-state index is 0.157. The predicted octanol–water partition coefficient (Wildman–Crippen LogP) is 4.98. The highest BCUT2D eigenvalue weighted by molar-refractivity contribution is 5.73. The molecule has 3 aromatic carbocycles. The molecule has 0 spiro atoms. The standard InChI is InChI=1S/C13H18N2O2.C13H20N2O.C9H12N2/c1-11(16)14-7-9-15(10-8-14)12-5-3-4-6-13(12)17-2;1-3-14-8-10-15(11-9-14)12-6-4-5-7-13(12)16-2;1-2-10-11-8-9-6-4-3-5-7-9/h3-6H,7-10H2,1-2H3;4-7H,3,8-11H2,1-2H3;2-7,11H,8H2,1H3. The number of ether oxygens (including phenoxy) is 2. The summed E-state index contributed by atoms with van der Waals surface area (Å²) < 4.78 is 10.7. The third-order valence-corrected chi connectivity index (χ3v) is 7.74. The van der Waals surface area contributed by atoms with Crippen molar-refractivity contribution in [1.29, 1.82) is 0 Å². The van der Waals surface area contributed by atoms with E-state index < -0.39 is 0 Å². The lowest BCUT2D eigenvalue weighted by atomic mass is 10.2. The van der Waals surface area contributed by atoms with Gasteiger partial charge in [-0.3, -0.25) is 4.79 Å². The summed E-state index contributed by atoms with van der Waals surface area (Å²) >= 11 is 0. The van der Waals surface area contributed by atoms with Crippen LogP contribution in [0.5, 0.6) is 11.5 Å². The summed E-state index contributed by atoms with van der Waals surface area (Å²) in [6, 6.07) is 26.4. The first-order valence-electron chi connectivity index (χ1n) is 15.5. The van der Waals surface area contributed by atoms with Crippen LogP contribution in [-0.2, 0) is 11.3 Å². The van der Waals surface area contributed by atoms with Gasteiger partial charge in [-0.05, 0) is 43.3 Å². The third-order valence-electron chi connectivity index (χ3n) is 7.74. The van der Waals surface area contributed by atoms with E-state index >= 15 is 0 Å². The third kappa shape index (κ3) is 10.8. The Morgan fingerprint density at radius 3 is 1.68 bits per heavy atom. The summed E-state index contributed by atoms with van der Waals surface area (Å²) in [5, 5.41) is 3.89. The Morgan fingerprint density at radius 1 is 0.750 bits per heavy atom. The summed E-state index contributed by atoms with van der Waals surface area (Å²) in [7, 11) is 3.42. The van der Waals surface area contributed by atoms with Gasteiger partial charge in [-0.25, -0.2) is 0 Å². The van der Waals surface area contributed by atoms with Gasteiger partial charge in [0.05, 0.1) is 32.1 Å². The van der Waals surface area contributed by atoms with Crippen molar-refractivity contribution in [1.82, 2.24) is 15.2 Å². The molecule has 0 aliphatic carbocycles. The zero-order valence-corrected chi connectivity index (χ0v) is 27.1. The number of hydrogen-bond acceptors (Lipinski definition) is 8. The Morgan fingerprint density at radius 2 is 1.23 bits per heavy atom.